The molecule has 0 fully saturated rings. The lowest BCUT2D eigenvalue weighted by Crippen LogP contribution is -2.33. The van der Waals surface area contributed by atoms with Crippen LogP contribution < -0.4 is 5.73 Å². The number of alkyl halides is 1. The molecule has 0 amide bonds. The minimum atomic E-state index is -3.75. The van der Waals surface area contributed by atoms with Crippen molar-refractivity contribution >= 4 is 42.0 Å². The van der Waals surface area contributed by atoms with Crippen molar-refractivity contribution in [2.75, 3.05) is 6.26 Å². The van der Waals surface area contributed by atoms with Crippen molar-refractivity contribution < 1.29 is 17.0 Å². The third-order valence-electron chi connectivity index (χ3n) is 1.61. The van der Waals surface area contributed by atoms with Crippen LogP contribution in [0.3, 0.4) is 0 Å². The summed E-state index contributed by atoms with van der Waals surface area (Å²) in [5, 5.41) is 0. The van der Waals surface area contributed by atoms with Crippen LogP contribution in [0.15, 0.2) is 22.1 Å². The lowest BCUT2D eigenvalue weighted by Gasteiger charge is -2.22. The van der Waals surface area contributed by atoms with E-state index in [0.29, 0.717) is 0 Å². The van der Waals surface area contributed by atoms with Crippen LogP contribution in [0.4, 0.5) is 4.39 Å². The zero-order valence-corrected chi connectivity index (χ0v) is 11.6. The molecule has 4 nitrogen and oxygen atoms in total. The lowest BCUT2D eigenvalue weighted by atomic mass is 10.1. The van der Waals surface area contributed by atoms with E-state index in [1.165, 1.54) is 6.08 Å². The third-order valence-corrected chi connectivity index (χ3v) is 3.81. The zero-order chi connectivity index (χ0) is 11.8. The first-order chi connectivity index (χ1) is 6.72. The van der Waals surface area contributed by atoms with Crippen LogP contribution in [0, 0.1) is 0 Å². The number of nitrogens with two attached hydrogens (primary N) is 1. The van der Waals surface area contributed by atoms with Gasteiger partial charge < -0.3 is 9.92 Å². The van der Waals surface area contributed by atoms with Crippen LogP contribution in [0.25, 0.3) is 0 Å². The fourth-order valence-corrected chi connectivity index (χ4v) is 2.75. The van der Waals surface area contributed by atoms with Gasteiger partial charge in [-0.1, -0.05) is 31.9 Å². The van der Waals surface area contributed by atoms with Gasteiger partial charge in [0.2, 0.25) is 0 Å². The fraction of sp³-hybridized carbons (Fsp3) is 0.429. The van der Waals surface area contributed by atoms with Crippen molar-refractivity contribution in [1.82, 2.24) is 0 Å². The number of allylic oxidation sites excluding steroid dienone is 1. The van der Waals surface area contributed by atoms with Gasteiger partial charge in [0.25, 0.3) is 0 Å². The van der Waals surface area contributed by atoms with Gasteiger partial charge in [0.05, 0.1) is 21.6 Å². The van der Waals surface area contributed by atoms with E-state index in [-0.39, 0.29) is 15.1 Å². The summed E-state index contributed by atoms with van der Waals surface area (Å²) in [6, 6.07) is -0.600. The number of hydrogen-bond donors (Lipinski definition) is 1. The number of hydrogen-bond acceptors (Lipinski definition) is 4. The molecule has 0 aliphatic heterocycles. The summed E-state index contributed by atoms with van der Waals surface area (Å²) in [6.07, 6.45) is 2.11. The Balaban J connectivity index is 3.06. The van der Waals surface area contributed by atoms with Gasteiger partial charge in [-0.15, -0.1) is 0 Å². The smallest absolute Gasteiger partial charge is 0.306 e. The average Bonchev–Trinajstić information content (AvgIpc) is 2.08. The first-order valence-corrected chi connectivity index (χ1v) is 7.31. The highest BCUT2D eigenvalue weighted by atomic mass is 79.9. The molecule has 0 saturated heterocycles. The highest BCUT2D eigenvalue weighted by molar-refractivity contribution is 9.12. The second-order valence-electron chi connectivity index (χ2n) is 2.95. The van der Waals surface area contributed by atoms with Gasteiger partial charge in [-0.2, -0.15) is 8.42 Å². The maximum atomic E-state index is 13.5. The topological polar surface area (TPSA) is 69.4 Å². The normalized spacial score (nSPS) is 27.7. The predicted octanol–water partition coefficient (Wildman–Crippen LogP) is 1.53. The van der Waals surface area contributed by atoms with Gasteiger partial charge in [0, 0.05) is 0 Å². The monoisotopic (exact) mass is 363 g/mol. The van der Waals surface area contributed by atoms with Crippen LogP contribution in [0.2, 0.25) is 0 Å². The summed E-state index contributed by atoms with van der Waals surface area (Å²) in [4.78, 5) is -0.386. The molecule has 0 radical (unpaired) electrons. The molecule has 86 valence electrons. The predicted molar refractivity (Wildman–Crippen MR) is 61.8 cm³/mol. The van der Waals surface area contributed by atoms with E-state index in [0.717, 1.165) is 6.26 Å². The van der Waals surface area contributed by atoms with Crippen molar-refractivity contribution in [2.45, 2.75) is 10.9 Å². The van der Waals surface area contributed by atoms with Gasteiger partial charge in [-0.05, 0) is 6.08 Å². The molecule has 2 N–H and O–H groups in total. The molecular formula is C7H8Br2FNO3S. The van der Waals surface area contributed by atoms with Crippen molar-refractivity contribution in [2.24, 2.45) is 5.73 Å². The van der Waals surface area contributed by atoms with Crippen LogP contribution in [0.1, 0.15) is 0 Å². The molecule has 8 heteroatoms. The van der Waals surface area contributed by atoms with Gasteiger partial charge >= 0.3 is 10.1 Å². The molecule has 1 aliphatic carbocycles. The largest absolute Gasteiger partial charge is 0.380 e. The average molecular weight is 365 g/mol. The molecule has 0 aromatic heterocycles. The Morgan fingerprint density at radius 2 is 2.13 bits per heavy atom. The molecule has 0 aromatic carbocycles. The fourth-order valence-electron chi connectivity index (χ4n) is 0.953. The van der Waals surface area contributed by atoms with Gasteiger partial charge in [0.1, 0.15) is 0 Å². The highest BCUT2D eigenvalue weighted by Gasteiger charge is 2.29. The summed E-state index contributed by atoms with van der Waals surface area (Å²) in [5.41, 5.74) is 5.60. The molecule has 1 aliphatic rings. The molecule has 0 spiro atoms. The van der Waals surface area contributed by atoms with Gasteiger partial charge in [-0.25, -0.2) is 4.39 Å². The Bertz CT molecular complexity index is 432. The van der Waals surface area contributed by atoms with E-state index in [1.807, 2.05) is 0 Å². The molecule has 2 atom stereocenters. The Hall–Kier alpha value is 0.0800. The summed E-state index contributed by atoms with van der Waals surface area (Å²) in [5.74, 6) is -1.16. The molecule has 2 unspecified atom stereocenters. The molecule has 0 saturated carbocycles. The second kappa shape index (κ2) is 4.52. The van der Waals surface area contributed by atoms with E-state index in [4.69, 9.17) is 5.73 Å². The quantitative estimate of drug-likeness (QED) is 0.595. The van der Waals surface area contributed by atoms with Gasteiger partial charge in [0.15, 0.2) is 11.6 Å². The Morgan fingerprint density at radius 3 is 2.60 bits per heavy atom. The molecule has 0 bridgehead atoms. The van der Waals surface area contributed by atoms with Crippen molar-refractivity contribution in [3.05, 3.63) is 22.1 Å². The number of halogens is 3. The zero-order valence-electron chi connectivity index (χ0n) is 7.58. The van der Waals surface area contributed by atoms with E-state index in [2.05, 4.69) is 36.0 Å². The highest BCUT2D eigenvalue weighted by Crippen LogP contribution is 2.33. The molecule has 0 aromatic rings. The molecule has 0 heterocycles. The van der Waals surface area contributed by atoms with Crippen LogP contribution in [0.5, 0.6) is 0 Å². The molecular weight excluding hydrogens is 357 g/mol. The second-order valence-corrected chi connectivity index (χ2v) is 6.44. The van der Waals surface area contributed by atoms with E-state index in [1.54, 1.807) is 0 Å². The van der Waals surface area contributed by atoms with Crippen LogP contribution in [-0.4, -0.2) is 25.5 Å². The first-order valence-electron chi connectivity index (χ1n) is 3.79. The Morgan fingerprint density at radius 1 is 1.60 bits per heavy atom. The van der Waals surface area contributed by atoms with Crippen LogP contribution >= 0.6 is 31.9 Å². The first kappa shape index (κ1) is 13.1. The molecule has 15 heavy (non-hydrogen) atoms. The summed E-state index contributed by atoms with van der Waals surface area (Å²) >= 11 is 6.10. The Kier molecular flexibility index (Phi) is 3.96. The van der Waals surface area contributed by atoms with E-state index >= 15 is 0 Å². The van der Waals surface area contributed by atoms with Crippen molar-refractivity contribution in [3.8, 4) is 0 Å². The maximum Gasteiger partial charge on any atom is 0.306 e. The Labute approximate surface area is 104 Å². The maximum absolute atomic E-state index is 13.5. The minimum Gasteiger partial charge on any atom is -0.380 e. The van der Waals surface area contributed by atoms with Gasteiger partial charge in [-0.3, -0.25) is 0 Å². The standard InChI is InChI=1S/C7H8Br2FNO3S/c1-15(12,13)14-4-2-3(8)7(11)5(9)6(4)10/h2-3,7H,11H2,1H3. The van der Waals surface area contributed by atoms with Crippen LogP contribution in [-0.2, 0) is 14.3 Å². The van der Waals surface area contributed by atoms with E-state index < -0.39 is 22.0 Å². The third kappa shape index (κ3) is 3.27. The SMILES string of the molecule is CS(=O)(=O)OC1=CC(Br)C(N)C(Br)=C1F. The summed E-state index contributed by atoms with van der Waals surface area (Å²) in [6.45, 7) is 0. The van der Waals surface area contributed by atoms with E-state index in [9.17, 15) is 12.8 Å². The molecule has 1 rings (SSSR count). The van der Waals surface area contributed by atoms with Crippen molar-refractivity contribution in [3.63, 3.8) is 0 Å². The number of rotatable bonds is 2. The summed E-state index contributed by atoms with van der Waals surface area (Å²) in [7, 11) is -3.75. The summed E-state index contributed by atoms with van der Waals surface area (Å²) < 4.78 is 39.7. The lowest BCUT2D eigenvalue weighted by molar-refractivity contribution is 0.387. The van der Waals surface area contributed by atoms with Crippen molar-refractivity contribution in [1.29, 1.82) is 0 Å². The minimum absolute atomic E-state index is 0.0746.